The Bertz CT molecular complexity index is 1140. The zero-order valence-electron chi connectivity index (χ0n) is 18.8. The van der Waals surface area contributed by atoms with Crippen molar-refractivity contribution in [3.05, 3.63) is 45.1 Å². The highest BCUT2D eigenvalue weighted by Gasteiger charge is 2.30. The van der Waals surface area contributed by atoms with E-state index in [9.17, 15) is 29.1 Å². The summed E-state index contributed by atoms with van der Waals surface area (Å²) in [6.45, 7) is 3.51. The molecule has 1 fully saturated rings. The second-order valence-corrected chi connectivity index (χ2v) is 8.96. The second-order valence-electron chi connectivity index (χ2n) is 8.96. The van der Waals surface area contributed by atoms with Gasteiger partial charge < -0.3 is 20.7 Å². The Labute approximate surface area is 190 Å². The standard InChI is InChI=1S/C23H30N4O6/c1-13(2)19(22(31)32)26-20(29)15-9-7-14(8-10-15)11-24-18(28)12-27-21(30)16-5-3-4-6-17(16)25-23(27)33/h3-6,13-15,19H,7-12H2,1-2H3,(H,24,28)(H,25,33)(H,26,29)(H,31,32)/t14?,15?,19-/m0/s1. The van der Waals surface area contributed by atoms with Crippen molar-refractivity contribution in [1.82, 2.24) is 20.2 Å². The number of nitrogens with zero attached hydrogens (tertiary/aromatic N) is 1. The molecule has 0 spiro atoms. The molecular formula is C23H30N4O6. The summed E-state index contributed by atoms with van der Waals surface area (Å²) in [5.74, 6) is -2.00. The van der Waals surface area contributed by atoms with E-state index in [1.165, 1.54) is 0 Å². The number of aromatic amines is 1. The number of carboxylic acids is 1. The molecule has 1 aliphatic rings. The number of aromatic nitrogens is 2. The van der Waals surface area contributed by atoms with Gasteiger partial charge in [0, 0.05) is 12.5 Å². The number of nitrogens with one attached hydrogen (secondary N) is 3. The van der Waals surface area contributed by atoms with Gasteiger partial charge >= 0.3 is 11.7 Å². The van der Waals surface area contributed by atoms with Gasteiger partial charge in [0.15, 0.2) is 0 Å². The van der Waals surface area contributed by atoms with Crippen LogP contribution in [-0.4, -0.2) is 45.0 Å². The molecule has 178 valence electrons. The number of benzene rings is 1. The van der Waals surface area contributed by atoms with Gasteiger partial charge in [0.25, 0.3) is 5.56 Å². The molecular weight excluding hydrogens is 428 g/mol. The second kappa shape index (κ2) is 10.5. The Hall–Kier alpha value is -3.43. The highest BCUT2D eigenvalue weighted by atomic mass is 16.4. The summed E-state index contributed by atoms with van der Waals surface area (Å²) < 4.78 is 0.881. The molecule has 10 nitrogen and oxygen atoms in total. The molecule has 1 saturated carbocycles. The molecule has 1 heterocycles. The minimum Gasteiger partial charge on any atom is -0.480 e. The van der Waals surface area contributed by atoms with Gasteiger partial charge in [-0.25, -0.2) is 9.59 Å². The van der Waals surface area contributed by atoms with Crippen LogP contribution in [0.3, 0.4) is 0 Å². The van der Waals surface area contributed by atoms with Crippen LogP contribution in [0.5, 0.6) is 0 Å². The number of amides is 2. The minimum atomic E-state index is -1.04. The van der Waals surface area contributed by atoms with Crippen LogP contribution in [0, 0.1) is 17.8 Å². The molecule has 0 unspecified atom stereocenters. The molecule has 2 aromatic rings. The number of carbonyl (C=O) groups excluding carboxylic acids is 2. The highest BCUT2D eigenvalue weighted by Crippen LogP contribution is 2.28. The number of fused-ring (bicyclic) bond motifs is 1. The zero-order valence-corrected chi connectivity index (χ0v) is 18.8. The minimum absolute atomic E-state index is 0.171. The van der Waals surface area contributed by atoms with E-state index in [4.69, 9.17) is 0 Å². The lowest BCUT2D eigenvalue weighted by Gasteiger charge is -2.29. The quantitative estimate of drug-likeness (QED) is 0.460. The van der Waals surface area contributed by atoms with Crippen molar-refractivity contribution < 1.29 is 19.5 Å². The van der Waals surface area contributed by atoms with Gasteiger partial charge in [0.2, 0.25) is 11.8 Å². The van der Waals surface area contributed by atoms with Crippen molar-refractivity contribution in [2.45, 2.75) is 52.1 Å². The molecule has 2 amide bonds. The summed E-state index contributed by atoms with van der Waals surface area (Å²) in [5.41, 5.74) is -0.730. The summed E-state index contributed by atoms with van der Waals surface area (Å²) in [7, 11) is 0. The molecule has 4 N–H and O–H groups in total. The van der Waals surface area contributed by atoms with Crippen LogP contribution in [-0.2, 0) is 20.9 Å². The normalized spacial score (nSPS) is 19.2. The summed E-state index contributed by atoms with van der Waals surface area (Å²) in [4.78, 5) is 63.5. The van der Waals surface area contributed by atoms with Gasteiger partial charge in [0.05, 0.1) is 10.9 Å². The van der Waals surface area contributed by atoms with Crippen molar-refractivity contribution in [1.29, 1.82) is 0 Å². The predicted octanol–water partition coefficient (Wildman–Crippen LogP) is 0.838. The van der Waals surface area contributed by atoms with Gasteiger partial charge in [-0.2, -0.15) is 0 Å². The number of H-pyrrole nitrogens is 1. The van der Waals surface area contributed by atoms with Crippen LogP contribution in [0.25, 0.3) is 10.9 Å². The van der Waals surface area contributed by atoms with Crippen molar-refractivity contribution in [3.63, 3.8) is 0 Å². The lowest BCUT2D eigenvalue weighted by Crippen LogP contribution is -2.47. The highest BCUT2D eigenvalue weighted by molar-refractivity contribution is 5.85. The van der Waals surface area contributed by atoms with E-state index in [-0.39, 0.29) is 30.2 Å². The van der Waals surface area contributed by atoms with E-state index >= 15 is 0 Å². The first-order chi connectivity index (χ1) is 15.7. The van der Waals surface area contributed by atoms with Crippen molar-refractivity contribution >= 4 is 28.7 Å². The van der Waals surface area contributed by atoms with Crippen LogP contribution >= 0.6 is 0 Å². The summed E-state index contributed by atoms with van der Waals surface area (Å²) >= 11 is 0. The molecule has 0 saturated heterocycles. The monoisotopic (exact) mass is 458 g/mol. The fraction of sp³-hybridized carbons (Fsp3) is 0.522. The third kappa shape index (κ3) is 5.88. The van der Waals surface area contributed by atoms with Crippen LogP contribution < -0.4 is 21.9 Å². The average Bonchev–Trinajstić information content (AvgIpc) is 2.78. The van der Waals surface area contributed by atoms with Crippen molar-refractivity contribution in [2.24, 2.45) is 17.8 Å². The van der Waals surface area contributed by atoms with Gasteiger partial charge in [0.1, 0.15) is 12.6 Å². The lowest BCUT2D eigenvalue weighted by atomic mass is 9.81. The van der Waals surface area contributed by atoms with E-state index < -0.39 is 29.2 Å². The summed E-state index contributed by atoms with van der Waals surface area (Å²) in [5, 5.41) is 15.0. The van der Waals surface area contributed by atoms with Crippen LogP contribution in [0.1, 0.15) is 39.5 Å². The molecule has 3 rings (SSSR count). The topological polar surface area (TPSA) is 150 Å². The maximum Gasteiger partial charge on any atom is 0.329 e. The molecule has 33 heavy (non-hydrogen) atoms. The Balaban J connectivity index is 1.49. The first-order valence-corrected chi connectivity index (χ1v) is 11.2. The molecule has 1 atom stereocenters. The fourth-order valence-electron chi connectivity index (χ4n) is 4.21. The Kier molecular flexibility index (Phi) is 7.67. The van der Waals surface area contributed by atoms with Gasteiger partial charge in [-0.15, -0.1) is 0 Å². The van der Waals surface area contributed by atoms with Crippen LogP contribution in [0.15, 0.2) is 33.9 Å². The molecule has 1 aliphatic carbocycles. The number of hydrogen-bond acceptors (Lipinski definition) is 5. The number of para-hydroxylation sites is 1. The Morgan fingerprint density at radius 3 is 2.42 bits per heavy atom. The van der Waals surface area contributed by atoms with Gasteiger partial charge in [-0.1, -0.05) is 26.0 Å². The number of rotatable bonds is 8. The first-order valence-electron chi connectivity index (χ1n) is 11.2. The third-order valence-electron chi connectivity index (χ3n) is 6.23. The number of hydrogen-bond donors (Lipinski definition) is 4. The lowest BCUT2D eigenvalue weighted by molar-refractivity contribution is -0.144. The Morgan fingerprint density at radius 1 is 1.12 bits per heavy atom. The largest absolute Gasteiger partial charge is 0.480 e. The maximum absolute atomic E-state index is 12.5. The predicted molar refractivity (Wildman–Crippen MR) is 122 cm³/mol. The van der Waals surface area contributed by atoms with Gasteiger partial charge in [-0.05, 0) is 49.7 Å². The van der Waals surface area contributed by atoms with E-state index in [0.717, 1.165) is 4.57 Å². The smallest absolute Gasteiger partial charge is 0.329 e. The third-order valence-corrected chi connectivity index (χ3v) is 6.23. The van der Waals surface area contributed by atoms with E-state index in [1.807, 2.05) is 0 Å². The van der Waals surface area contributed by atoms with Crippen LogP contribution in [0.2, 0.25) is 0 Å². The molecule has 0 radical (unpaired) electrons. The van der Waals surface area contributed by atoms with E-state index in [0.29, 0.717) is 43.1 Å². The molecule has 0 aliphatic heterocycles. The molecule has 1 aromatic heterocycles. The summed E-state index contributed by atoms with van der Waals surface area (Å²) in [6, 6.07) is 5.71. The average molecular weight is 459 g/mol. The number of carboxylic acid groups (broad SMARTS) is 1. The molecule has 1 aromatic carbocycles. The SMILES string of the molecule is CC(C)[C@H](NC(=O)C1CCC(CNC(=O)Cn2c(=O)[nH]c3ccccc3c2=O)CC1)C(=O)O. The van der Waals surface area contributed by atoms with E-state index in [2.05, 4.69) is 15.6 Å². The zero-order chi connectivity index (χ0) is 24.1. The number of carbonyl (C=O) groups is 3. The van der Waals surface area contributed by atoms with Crippen molar-refractivity contribution in [2.75, 3.05) is 6.54 Å². The molecule has 10 heteroatoms. The molecule has 0 bridgehead atoms. The first kappa shape index (κ1) is 24.2. The summed E-state index contributed by atoms with van der Waals surface area (Å²) in [6.07, 6.45) is 2.66. The fourth-order valence-corrected chi connectivity index (χ4v) is 4.21. The van der Waals surface area contributed by atoms with Gasteiger partial charge in [-0.3, -0.25) is 19.0 Å². The maximum atomic E-state index is 12.5. The number of aliphatic carboxylic acids is 1. The van der Waals surface area contributed by atoms with Crippen LogP contribution in [0.4, 0.5) is 0 Å². The van der Waals surface area contributed by atoms with E-state index in [1.54, 1.807) is 38.1 Å². The van der Waals surface area contributed by atoms with Crippen molar-refractivity contribution in [3.8, 4) is 0 Å². The Morgan fingerprint density at radius 2 is 1.79 bits per heavy atom.